The zero-order chi connectivity index (χ0) is 12.5. The molecule has 0 unspecified atom stereocenters. The monoisotopic (exact) mass is 279 g/mol. The van der Waals surface area contributed by atoms with Crippen LogP contribution in [0.15, 0.2) is 29.1 Å². The van der Waals surface area contributed by atoms with Crippen LogP contribution in [-0.4, -0.2) is 24.6 Å². The summed E-state index contributed by atoms with van der Waals surface area (Å²) in [5.41, 5.74) is 0.874. The molecule has 0 fully saturated rings. The summed E-state index contributed by atoms with van der Waals surface area (Å²) in [4.78, 5) is 12.1. The minimum Gasteiger partial charge on any atom is -0.267 e. The molecule has 0 saturated heterocycles. The van der Waals surface area contributed by atoms with Crippen LogP contribution in [0.25, 0.3) is 10.9 Å². The Kier molecular flexibility index (Phi) is 2.77. The molecule has 0 atom stereocenters. The lowest BCUT2D eigenvalue weighted by molar-refractivity contribution is 0.591. The fourth-order valence-electron chi connectivity index (χ4n) is 1.56. The average Bonchev–Trinajstić information content (AvgIpc) is 2.79. The first-order chi connectivity index (χ1) is 8.75. The van der Waals surface area contributed by atoms with Crippen LogP contribution in [0.2, 0.25) is 4.34 Å². The second kappa shape index (κ2) is 4.43. The molecule has 0 spiro atoms. The Bertz CT molecular complexity index is 768. The number of nitrogens with zero attached hydrogens (tertiary/aromatic N) is 5. The Labute approximate surface area is 110 Å². The van der Waals surface area contributed by atoms with Crippen molar-refractivity contribution in [3.63, 3.8) is 0 Å². The van der Waals surface area contributed by atoms with Gasteiger partial charge in [-0.3, -0.25) is 4.79 Å². The zero-order valence-electron chi connectivity index (χ0n) is 8.95. The smallest absolute Gasteiger partial charge is 0.267 e. The minimum absolute atomic E-state index is 0.173. The fraction of sp³-hybridized carbons (Fsp3) is 0.100. The van der Waals surface area contributed by atoms with Crippen molar-refractivity contribution in [3.8, 4) is 0 Å². The van der Waals surface area contributed by atoms with Gasteiger partial charge in [0, 0.05) is 11.5 Å². The van der Waals surface area contributed by atoms with Crippen LogP contribution in [0.1, 0.15) is 5.69 Å². The SMILES string of the molecule is O=c1c2ccccc2nnn1Cc1nnsc1Cl. The highest BCUT2D eigenvalue weighted by atomic mass is 35.5. The van der Waals surface area contributed by atoms with Gasteiger partial charge in [-0.1, -0.05) is 33.4 Å². The van der Waals surface area contributed by atoms with Crippen molar-refractivity contribution in [1.29, 1.82) is 0 Å². The third-order valence-electron chi connectivity index (χ3n) is 2.44. The Morgan fingerprint density at radius 1 is 1.28 bits per heavy atom. The number of fused-ring (bicyclic) bond motifs is 1. The lowest BCUT2D eigenvalue weighted by atomic mass is 10.2. The number of hydrogen-bond donors (Lipinski definition) is 0. The summed E-state index contributed by atoms with van der Waals surface area (Å²) in [5, 5.41) is 12.2. The molecule has 8 heteroatoms. The minimum atomic E-state index is -0.218. The molecule has 3 aromatic rings. The largest absolute Gasteiger partial charge is 0.277 e. The normalized spacial score (nSPS) is 10.9. The molecule has 0 aliphatic heterocycles. The summed E-state index contributed by atoms with van der Waals surface area (Å²) < 4.78 is 5.39. The first-order valence-corrected chi connectivity index (χ1v) is 6.20. The molecule has 0 aliphatic carbocycles. The molecule has 6 nitrogen and oxygen atoms in total. The van der Waals surface area contributed by atoms with Gasteiger partial charge in [-0.25, -0.2) is 4.68 Å². The third kappa shape index (κ3) is 1.87. The van der Waals surface area contributed by atoms with Gasteiger partial charge in [0.05, 0.1) is 11.9 Å². The van der Waals surface area contributed by atoms with Gasteiger partial charge in [0.1, 0.15) is 15.5 Å². The molecule has 0 amide bonds. The number of rotatable bonds is 2. The van der Waals surface area contributed by atoms with E-state index in [0.717, 1.165) is 11.5 Å². The summed E-state index contributed by atoms with van der Waals surface area (Å²) in [6, 6.07) is 7.05. The van der Waals surface area contributed by atoms with Crippen molar-refractivity contribution in [1.82, 2.24) is 24.6 Å². The van der Waals surface area contributed by atoms with Crippen LogP contribution in [0, 0.1) is 0 Å². The Hall–Kier alpha value is -1.86. The van der Waals surface area contributed by atoms with E-state index in [4.69, 9.17) is 11.6 Å². The van der Waals surface area contributed by atoms with Crippen LogP contribution in [0.5, 0.6) is 0 Å². The molecule has 90 valence electrons. The van der Waals surface area contributed by atoms with Gasteiger partial charge in [-0.2, -0.15) is 0 Å². The molecule has 0 aliphatic rings. The number of hydrogen-bond acceptors (Lipinski definition) is 6. The Balaban J connectivity index is 2.11. The second-order valence-electron chi connectivity index (χ2n) is 3.56. The molecule has 2 aromatic heterocycles. The summed E-state index contributed by atoms with van der Waals surface area (Å²) in [5.74, 6) is 0. The maximum Gasteiger partial charge on any atom is 0.277 e. The van der Waals surface area contributed by atoms with Crippen molar-refractivity contribution in [2.45, 2.75) is 6.54 Å². The molecule has 3 rings (SSSR count). The van der Waals surface area contributed by atoms with E-state index < -0.39 is 0 Å². The zero-order valence-corrected chi connectivity index (χ0v) is 10.5. The van der Waals surface area contributed by atoms with Gasteiger partial charge in [-0.15, -0.1) is 10.2 Å². The van der Waals surface area contributed by atoms with Gasteiger partial charge in [0.25, 0.3) is 5.56 Å². The topological polar surface area (TPSA) is 73.6 Å². The van der Waals surface area contributed by atoms with E-state index in [9.17, 15) is 4.79 Å². The van der Waals surface area contributed by atoms with Crippen LogP contribution >= 0.6 is 23.1 Å². The van der Waals surface area contributed by atoms with Crippen LogP contribution in [0.4, 0.5) is 0 Å². The lowest BCUT2D eigenvalue weighted by Gasteiger charge is -2.02. The molecule has 0 saturated carbocycles. The van der Waals surface area contributed by atoms with E-state index in [1.807, 2.05) is 6.07 Å². The fourth-order valence-corrected chi connectivity index (χ4v) is 2.17. The lowest BCUT2D eigenvalue weighted by Crippen LogP contribution is -2.25. The van der Waals surface area contributed by atoms with Crippen LogP contribution in [-0.2, 0) is 6.54 Å². The van der Waals surface area contributed by atoms with Gasteiger partial charge in [-0.05, 0) is 12.1 Å². The molecule has 0 bridgehead atoms. The van der Waals surface area contributed by atoms with Crippen molar-refractivity contribution >= 4 is 34.0 Å². The van der Waals surface area contributed by atoms with Crippen molar-refractivity contribution in [2.24, 2.45) is 0 Å². The maximum absolute atomic E-state index is 12.1. The summed E-state index contributed by atoms with van der Waals surface area (Å²) >= 11 is 6.96. The van der Waals surface area contributed by atoms with E-state index in [1.54, 1.807) is 18.2 Å². The van der Waals surface area contributed by atoms with Crippen molar-refractivity contribution in [3.05, 3.63) is 44.6 Å². The molecular formula is C10H6ClN5OS. The molecule has 0 radical (unpaired) electrons. The Morgan fingerprint density at radius 3 is 2.89 bits per heavy atom. The first kappa shape index (κ1) is 11.2. The van der Waals surface area contributed by atoms with Crippen LogP contribution < -0.4 is 5.56 Å². The van der Waals surface area contributed by atoms with Gasteiger partial charge >= 0.3 is 0 Å². The number of benzene rings is 1. The van der Waals surface area contributed by atoms with Gasteiger partial charge in [0.15, 0.2) is 0 Å². The van der Waals surface area contributed by atoms with Gasteiger partial charge < -0.3 is 0 Å². The Morgan fingerprint density at radius 2 is 2.11 bits per heavy atom. The molecule has 0 N–H and O–H groups in total. The van der Waals surface area contributed by atoms with E-state index in [-0.39, 0.29) is 12.1 Å². The summed E-state index contributed by atoms with van der Waals surface area (Å²) in [6.45, 7) is 0.173. The van der Waals surface area contributed by atoms with E-state index in [1.165, 1.54) is 4.68 Å². The predicted molar refractivity (Wildman–Crippen MR) is 67.8 cm³/mol. The first-order valence-electron chi connectivity index (χ1n) is 5.05. The predicted octanol–water partition coefficient (Wildman–Crippen LogP) is 1.34. The number of aromatic nitrogens is 5. The highest BCUT2D eigenvalue weighted by Crippen LogP contribution is 2.17. The summed E-state index contributed by atoms with van der Waals surface area (Å²) in [6.07, 6.45) is 0. The molecule has 18 heavy (non-hydrogen) atoms. The highest BCUT2D eigenvalue weighted by Gasteiger charge is 2.10. The van der Waals surface area contributed by atoms with Gasteiger partial charge in [0.2, 0.25) is 0 Å². The van der Waals surface area contributed by atoms with Crippen molar-refractivity contribution in [2.75, 3.05) is 0 Å². The quantitative estimate of drug-likeness (QED) is 0.708. The standard InChI is InChI=1S/C10H6ClN5OS/c11-9-8(13-15-18-9)5-16-10(17)6-3-1-2-4-7(6)12-14-16/h1-4H,5H2. The van der Waals surface area contributed by atoms with E-state index in [2.05, 4.69) is 19.9 Å². The molecule has 1 aromatic carbocycles. The van der Waals surface area contributed by atoms with Crippen molar-refractivity contribution < 1.29 is 0 Å². The van der Waals surface area contributed by atoms with Crippen LogP contribution in [0.3, 0.4) is 0 Å². The molecule has 2 heterocycles. The summed E-state index contributed by atoms with van der Waals surface area (Å²) in [7, 11) is 0. The molecular weight excluding hydrogens is 274 g/mol. The third-order valence-corrected chi connectivity index (χ3v) is 3.42. The van der Waals surface area contributed by atoms with E-state index >= 15 is 0 Å². The number of halogens is 1. The van der Waals surface area contributed by atoms with E-state index in [0.29, 0.717) is 20.9 Å². The maximum atomic E-state index is 12.1. The average molecular weight is 280 g/mol. The highest BCUT2D eigenvalue weighted by molar-refractivity contribution is 7.10. The second-order valence-corrected chi connectivity index (χ2v) is 4.92.